The molecule has 0 bridgehead atoms. The second-order valence-electron chi connectivity index (χ2n) is 4.53. The van der Waals surface area contributed by atoms with Gasteiger partial charge in [-0.3, -0.25) is 0 Å². The van der Waals surface area contributed by atoms with Crippen LogP contribution in [0, 0.1) is 0 Å². The maximum atomic E-state index is 11.2. The van der Waals surface area contributed by atoms with Crippen LogP contribution in [0.1, 0.15) is 25.7 Å². The van der Waals surface area contributed by atoms with Gasteiger partial charge in [-0.05, 0) is 19.3 Å². The molecule has 0 saturated carbocycles. The van der Waals surface area contributed by atoms with Crippen molar-refractivity contribution in [3.05, 3.63) is 12.3 Å². The number of fused-ring (bicyclic) bond motifs is 1. The van der Waals surface area contributed by atoms with E-state index in [9.17, 15) is 4.79 Å². The summed E-state index contributed by atoms with van der Waals surface area (Å²) in [6.07, 6.45) is 4.33. The summed E-state index contributed by atoms with van der Waals surface area (Å²) in [5, 5.41) is 6.52. The second kappa shape index (κ2) is 4.99. The van der Waals surface area contributed by atoms with E-state index in [4.69, 9.17) is 5.73 Å². The monoisotopic (exact) mass is 241 g/mol. The summed E-state index contributed by atoms with van der Waals surface area (Å²) in [5.74, 6) is 1.04. The van der Waals surface area contributed by atoms with Crippen LogP contribution in [-0.2, 0) is 0 Å². The van der Waals surface area contributed by atoms with Crippen molar-refractivity contribution in [3.8, 4) is 0 Å². The van der Waals surface area contributed by atoms with E-state index in [0.717, 1.165) is 37.1 Å². The number of amides is 2. The number of rotatable bonds is 5. The number of urea groups is 1. The fourth-order valence-corrected chi connectivity index (χ4v) is 3.88. The van der Waals surface area contributed by atoms with Crippen molar-refractivity contribution in [2.24, 2.45) is 5.73 Å². The van der Waals surface area contributed by atoms with Gasteiger partial charge in [0.15, 0.2) is 0 Å². The molecule has 0 aromatic rings. The van der Waals surface area contributed by atoms with Crippen LogP contribution in [-0.4, -0.2) is 29.1 Å². The molecule has 4 nitrogen and oxygen atoms in total. The summed E-state index contributed by atoms with van der Waals surface area (Å²) in [7, 11) is 0. The lowest BCUT2D eigenvalue weighted by atomic mass is 10.0. The van der Waals surface area contributed by atoms with Gasteiger partial charge < -0.3 is 16.4 Å². The molecule has 3 atom stereocenters. The van der Waals surface area contributed by atoms with Crippen LogP contribution in [0.5, 0.6) is 0 Å². The Bertz CT molecular complexity index is 295. The van der Waals surface area contributed by atoms with E-state index < -0.39 is 0 Å². The molecule has 2 aliphatic rings. The van der Waals surface area contributed by atoms with E-state index in [-0.39, 0.29) is 6.03 Å². The van der Waals surface area contributed by atoms with Gasteiger partial charge in [-0.25, -0.2) is 4.79 Å². The highest BCUT2D eigenvalue weighted by atomic mass is 32.2. The third-order valence-corrected chi connectivity index (χ3v) is 4.68. The number of unbranched alkanes of at least 4 members (excludes halogenated alkanes) is 1. The molecule has 0 aromatic carbocycles. The van der Waals surface area contributed by atoms with Crippen molar-refractivity contribution in [3.63, 3.8) is 0 Å². The minimum absolute atomic E-state index is 0.00404. The predicted octanol–water partition coefficient (Wildman–Crippen LogP) is 1.18. The Labute approximate surface area is 100 Å². The summed E-state index contributed by atoms with van der Waals surface area (Å²) in [4.78, 5) is 11.2. The lowest BCUT2D eigenvalue weighted by Crippen LogP contribution is -2.36. The number of hydrogen-bond acceptors (Lipinski definition) is 3. The number of carbonyl (C=O) groups excluding carboxylic acids is 1. The molecule has 2 amide bonds. The molecule has 0 aromatic heterocycles. The summed E-state index contributed by atoms with van der Waals surface area (Å²) in [6.45, 7) is 3.69. The molecule has 2 aliphatic heterocycles. The molecule has 3 unspecified atom stereocenters. The minimum Gasteiger partial charge on any atom is -0.403 e. The Kier molecular flexibility index (Phi) is 3.63. The largest absolute Gasteiger partial charge is 0.403 e. The fourth-order valence-electron chi connectivity index (χ4n) is 2.34. The van der Waals surface area contributed by atoms with Gasteiger partial charge in [0.1, 0.15) is 0 Å². The van der Waals surface area contributed by atoms with E-state index in [1.165, 1.54) is 0 Å². The second-order valence-corrected chi connectivity index (χ2v) is 5.80. The zero-order valence-electron chi connectivity index (χ0n) is 9.37. The van der Waals surface area contributed by atoms with Gasteiger partial charge in [0.05, 0.1) is 12.1 Å². The van der Waals surface area contributed by atoms with Crippen LogP contribution < -0.4 is 16.4 Å². The zero-order valence-corrected chi connectivity index (χ0v) is 10.2. The Morgan fingerprint density at radius 2 is 2.31 bits per heavy atom. The maximum Gasteiger partial charge on any atom is 0.315 e. The Morgan fingerprint density at radius 3 is 3.06 bits per heavy atom. The molecule has 2 heterocycles. The maximum absolute atomic E-state index is 11.2. The van der Waals surface area contributed by atoms with Crippen molar-refractivity contribution in [2.45, 2.75) is 43.0 Å². The zero-order chi connectivity index (χ0) is 11.5. The van der Waals surface area contributed by atoms with Gasteiger partial charge in [0.2, 0.25) is 0 Å². The summed E-state index contributed by atoms with van der Waals surface area (Å²) >= 11 is 1.96. The van der Waals surface area contributed by atoms with E-state index in [2.05, 4.69) is 17.2 Å². The van der Waals surface area contributed by atoms with Crippen LogP contribution >= 0.6 is 11.8 Å². The van der Waals surface area contributed by atoms with Crippen molar-refractivity contribution in [1.29, 1.82) is 0 Å². The summed E-state index contributed by atoms with van der Waals surface area (Å²) < 4.78 is 0. The number of allylic oxidation sites excluding steroid dienone is 1. The minimum atomic E-state index is -0.00404. The van der Waals surface area contributed by atoms with Crippen LogP contribution in [0.25, 0.3) is 0 Å². The number of nitrogens with two attached hydrogens (primary N) is 1. The first kappa shape index (κ1) is 11.6. The van der Waals surface area contributed by atoms with Crippen LogP contribution in [0.4, 0.5) is 4.79 Å². The molecule has 2 saturated heterocycles. The Hall–Kier alpha value is -0.840. The first-order valence-electron chi connectivity index (χ1n) is 5.78. The lowest BCUT2D eigenvalue weighted by Gasteiger charge is -2.16. The third kappa shape index (κ3) is 2.64. The van der Waals surface area contributed by atoms with Crippen molar-refractivity contribution in [1.82, 2.24) is 10.6 Å². The van der Waals surface area contributed by atoms with Crippen molar-refractivity contribution >= 4 is 17.8 Å². The van der Waals surface area contributed by atoms with Crippen LogP contribution in [0.2, 0.25) is 0 Å². The molecular formula is C11H19N3OS. The number of carbonyl (C=O) groups is 1. The number of hydrogen-bond donors (Lipinski definition) is 3. The van der Waals surface area contributed by atoms with Gasteiger partial charge in [0.25, 0.3) is 0 Å². The standard InChI is InChI=1S/C11H19N3OS/c1-7(12)4-2-3-5-9-10-8(6-16-9)13-11(15)14-10/h8-10H,1-6,12H2,(H2,13,14,15). The Morgan fingerprint density at radius 1 is 1.50 bits per heavy atom. The highest BCUT2D eigenvalue weighted by molar-refractivity contribution is 8.00. The lowest BCUT2D eigenvalue weighted by molar-refractivity contribution is 0.247. The van der Waals surface area contributed by atoms with Gasteiger partial charge in [0, 0.05) is 16.7 Å². The fraction of sp³-hybridized carbons (Fsp3) is 0.727. The molecule has 0 aliphatic carbocycles. The SMILES string of the molecule is C=C(N)CCCCC1SCC2NC(=O)NC21. The van der Waals surface area contributed by atoms with Gasteiger partial charge >= 0.3 is 6.03 Å². The number of nitrogens with one attached hydrogen (secondary N) is 2. The quantitative estimate of drug-likeness (QED) is 0.500. The topological polar surface area (TPSA) is 67.1 Å². The Balaban J connectivity index is 1.70. The average molecular weight is 241 g/mol. The van der Waals surface area contributed by atoms with Crippen molar-refractivity contribution in [2.75, 3.05) is 5.75 Å². The summed E-state index contributed by atoms with van der Waals surface area (Å²) in [6, 6.07) is 0.668. The molecule has 5 heteroatoms. The van der Waals surface area contributed by atoms with E-state index in [1.807, 2.05) is 11.8 Å². The van der Waals surface area contributed by atoms with E-state index >= 15 is 0 Å². The van der Waals surface area contributed by atoms with Crippen LogP contribution in [0.3, 0.4) is 0 Å². The van der Waals surface area contributed by atoms with E-state index in [0.29, 0.717) is 17.3 Å². The highest BCUT2D eigenvalue weighted by Crippen LogP contribution is 2.33. The number of thioether (sulfide) groups is 1. The van der Waals surface area contributed by atoms with Gasteiger partial charge in [-0.15, -0.1) is 0 Å². The first-order chi connectivity index (χ1) is 7.66. The normalized spacial score (nSPS) is 32.0. The van der Waals surface area contributed by atoms with Gasteiger partial charge in [-0.2, -0.15) is 11.8 Å². The van der Waals surface area contributed by atoms with Gasteiger partial charge in [-0.1, -0.05) is 13.0 Å². The molecular weight excluding hydrogens is 222 g/mol. The smallest absolute Gasteiger partial charge is 0.315 e. The average Bonchev–Trinajstić information content (AvgIpc) is 2.72. The summed E-state index contributed by atoms with van der Waals surface area (Å²) in [5.41, 5.74) is 6.29. The van der Waals surface area contributed by atoms with Crippen LogP contribution in [0.15, 0.2) is 12.3 Å². The molecule has 0 spiro atoms. The molecule has 90 valence electrons. The highest BCUT2D eigenvalue weighted by Gasteiger charge is 2.42. The molecule has 2 fully saturated rings. The molecule has 2 rings (SSSR count). The predicted molar refractivity (Wildman–Crippen MR) is 67.3 cm³/mol. The molecule has 4 N–H and O–H groups in total. The molecule has 0 radical (unpaired) electrons. The van der Waals surface area contributed by atoms with E-state index in [1.54, 1.807) is 0 Å². The first-order valence-corrected chi connectivity index (χ1v) is 6.83. The molecule has 16 heavy (non-hydrogen) atoms. The third-order valence-electron chi connectivity index (χ3n) is 3.17. The van der Waals surface area contributed by atoms with Crippen molar-refractivity contribution < 1.29 is 4.79 Å².